The minimum absolute atomic E-state index is 0.102. The summed E-state index contributed by atoms with van der Waals surface area (Å²) >= 11 is 0. The largest absolute Gasteiger partial charge is 0.394 e. The van der Waals surface area contributed by atoms with E-state index in [0.717, 1.165) is 116 Å². The van der Waals surface area contributed by atoms with Crippen LogP contribution in [-0.4, -0.2) is 34.9 Å². The molecule has 0 fully saturated rings. The Morgan fingerprint density at radius 1 is 0.325 bits per heavy atom. The molecule has 1 amide bonds. The van der Waals surface area contributed by atoms with Crippen molar-refractivity contribution in [1.29, 1.82) is 0 Å². The highest BCUT2D eigenvalue weighted by Crippen LogP contribution is 2.16. The van der Waals surface area contributed by atoms with E-state index in [-0.39, 0.29) is 12.5 Å². The first-order valence-corrected chi connectivity index (χ1v) is 32.5. The van der Waals surface area contributed by atoms with Gasteiger partial charge in [-0.1, -0.05) is 320 Å². The zero-order chi connectivity index (χ0) is 55.5. The van der Waals surface area contributed by atoms with Gasteiger partial charge >= 0.3 is 0 Å². The number of allylic oxidation sites excluding steroid dienone is 23. The van der Waals surface area contributed by atoms with Crippen LogP contribution in [0.2, 0.25) is 0 Å². The summed E-state index contributed by atoms with van der Waals surface area (Å²) in [4.78, 5) is 12.5. The molecule has 0 bridgehead atoms. The smallest absolute Gasteiger partial charge is 0.220 e. The summed E-state index contributed by atoms with van der Waals surface area (Å²) in [5.74, 6) is -0.102. The summed E-state index contributed by atoms with van der Waals surface area (Å²) in [5.41, 5.74) is 0. The van der Waals surface area contributed by atoms with Gasteiger partial charge in [0.15, 0.2) is 0 Å². The quantitative estimate of drug-likeness (QED) is 0.0420. The SMILES string of the molecule is CC/C=C\C/C=C\C/C=C\C/C=C\C/C=C\C/C=C\C/C=C\C/C=C\C/C=C\C/C=C\CCCCCCC(=O)NC(CO)C(O)/C=C/CC/C=C/CCCCCCCCCCCCCCCCCCCCCCCCCC. The van der Waals surface area contributed by atoms with Crippen molar-refractivity contribution in [3.63, 3.8) is 0 Å². The minimum atomic E-state index is -0.886. The summed E-state index contributed by atoms with van der Waals surface area (Å²) in [5, 5.41) is 23.2. The monoisotopic (exact) mass is 1060 g/mol. The van der Waals surface area contributed by atoms with Crippen molar-refractivity contribution in [3.8, 4) is 0 Å². The van der Waals surface area contributed by atoms with E-state index in [0.29, 0.717) is 6.42 Å². The van der Waals surface area contributed by atoms with Crippen LogP contribution in [0.1, 0.15) is 290 Å². The number of carbonyl (C=O) groups is 1. The Labute approximate surface area is 478 Å². The van der Waals surface area contributed by atoms with E-state index >= 15 is 0 Å². The van der Waals surface area contributed by atoms with Crippen molar-refractivity contribution in [2.75, 3.05) is 6.61 Å². The summed E-state index contributed by atoms with van der Waals surface area (Å²) < 4.78 is 0. The van der Waals surface area contributed by atoms with Crippen LogP contribution in [0.25, 0.3) is 0 Å². The second-order valence-electron chi connectivity index (χ2n) is 21.4. The van der Waals surface area contributed by atoms with E-state index in [1.165, 1.54) is 154 Å². The van der Waals surface area contributed by atoms with Crippen LogP contribution in [0.4, 0.5) is 0 Å². The van der Waals surface area contributed by atoms with Gasteiger partial charge in [0.25, 0.3) is 0 Å². The van der Waals surface area contributed by atoms with E-state index < -0.39 is 12.1 Å². The fraction of sp³-hybridized carbons (Fsp3) is 0.658. The predicted molar refractivity (Wildman–Crippen MR) is 345 cm³/mol. The summed E-state index contributed by atoms with van der Waals surface area (Å²) in [6, 6.07) is -0.666. The Kier molecular flexibility index (Phi) is 63.3. The molecule has 0 rings (SSSR count). The third-order valence-electron chi connectivity index (χ3n) is 14.1. The molecule has 77 heavy (non-hydrogen) atoms. The van der Waals surface area contributed by atoms with Crippen LogP contribution in [-0.2, 0) is 4.79 Å². The molecule has 0 spiro atoms. The lowest BCUT2D eigenvalue weighted by Gasteiger charge is -2.19. The molecule has 2 atom stereocenters. The topological polar surface area (TPSA) is 69.6 Å². The molecular weight excluding hydrogens is 939 g/mol. The second-order valence-corrected chi connectivity index (χ2v) is 21.4. The van der Waals surface area contributed by atoms with Crippen LogP contribution < -0.4 is 5.32 Å². The van der Waals surface area contributed by atoms with E-state index in [2.05, 4.69) is 153 Å². The lowest BCUT2D eigenvalue weighted by atomic mass is 10.0. The van der Waals surface area contributed by atoms with Gasteiger partial charge in [-0.2, -0.15) is 0 Å². The van der Waals surface area contributed by atoms with Crippen LogP contribution in [0.3, 0.4) is 0 Å². The highest BCUT2D eigenvalue weighted by molar-refractivity contribution is 5.76. The average molecular weight is 1060 g/mol. The number of carbonyl (C=O) groups excluding carboxylic acids is 1. The Balaban J connectivity index is 3.65. The average Bonchev–Trinajstić information content (AvgIpc) is 3.43. The molecule has 3 N–H and O–H groups in total. The van der Waals surface area contributed by atoms with Crippen molar-refractivity contribution < 1.29 is 15.0 Å². The van der Waals surface area contributed by atoms with Crippen molar-refractivity contribution >= 4 is 5.91 Å². The number of aliphatic hydroxyl groups is 2. The van der Waals surface area contributed by atoms with Gasteiger partial charge in [0.2, 0.25) is 5.91 Å². The van der Waals surface area contributed by atoms with Crippen LogP contribution in [0.15, 0.2) is 146 Å². The number of amides is 1. The number of hydrogen-bond acceptors (Lipinski definition) is 3. The molecule has 0 radical (unpaired) electrons. The van der Waals surface area contributed by atoms with E-state index in [9.17, 15) is 15.0 Å². The highest BCUT2D eigenvalue weighted by atomic mass is 16.3. The van der Waals surface area contributed by atoms with Gasteiger partial charge in [-0.05, 0) is 109 Å². The number of nitrogens with one attached hydrogen (secondary N) is 1. The first-order valence-electron chi connectivity index (χ1n) is 32.5. The maximum Gasteiger partial charge on any atom is 0.220 e. The van der Waals surface area contributed by atoms with E-state index in [4.69, 9.17) is 0 Å². The Hall–Kier alpha value is -3.73. The normalized spacial score (nSPS) is 13.8. The third kappa shape index (κ3) is 63.0. The predicted octanol–water partition coefficient (Wildman–Crippen LogP) is 22.3. The lowest BCUT2D eigenvalue weighted by molar-refractivity contribution is -0.123. The lowest BCUT2D eigenvalue weighted by Crippen LogP contribution is -2.45. The van der Waals surface area contributed by atoms with Crippen molar-refractivity contribution in [2.24, 2.45) is 0 Å². The molecule has 4 heteroatoms. The van der Waals surface area contributed by atoms with Gasteiger partial charge < -0.3 is 15.5 Å². The van der Waals surface area contributed by atoms with Crippen LogP contribution >= 0.6 is 0 Å². The molecule has 0 aliphatic heterocycles. The molecule has 0 aromatic carbocycles. The van der Waals surface area contributed by atoms with Crippen LogP contribution in [0.5, 0.6) is 0 Å². The Morgan fingerprint density at radius 3 is 0.909 bits per heavy atom. The maximum atomic E-state index is 12.5. The molecule has 0 aliphatic rings. The number of aliphatic hydroxyl groups excluding tert-OH is 2. The summed E-state index contributed by atoms with van der Waals surface area (Å²) in [6.07, 6.45) is 105. The van der Waals surface area contributed by atoms with E-state index in [1.54, 1.807) is 6.08 Å². The molecule has 0 heterocycles. The van der Waals surface area contributed by atoms with Crippen LogP contribution in [0, 0.1) is 0 Å². The van der Waals surface area contributed by atoms with Gasteiger partial charge in [-0.15, -0.1) is 0 Å². The molecule has 438 valence electrons. The Bertz CT molecular complexity index is 1580. The zero-order valence-electron chi connectivity index (χ0n) is 50.4. The van der Waals surface area contributed by atoms with Crippen molar-refractivity contribution in [2.45, 2.75) is 302 Å². The summed E-state index contributed by atoms with van der Waals surface area (Å²) in [7, 11) is 0. The fourth-order valence-corrected chi connectivity index (χ4v) is 9.17. The van der Waals surface area contributed by atoms with E-state index in [1.807, 2.05) is 6.08 Å². The molecule has 0 aromatic heterocycles. The number of unbranched alkanes of at least 4 members (excludes halogenated alkanes) is 29. The first-order chi connectivity index (χ1) is 38.2. The second kappa shape index (κ2) is 66.5. The summed E-state index contributed by atoms with van der Waals surface area (Å²) in [6.45, 7) is 4.19. The maximum absolute atomic E-state index is 12.5. The molecule has 0 saturated carbocycles. The van der Waals surface area contributed by atoms with Gasteiger partial charge in [0, 0.05) is 6.42 Å². The molecule has 0 saturated heterocycles. The number of hydrogen-bond donors (Lipinski definition) is 3. The minimum Gasteiger partial charge on any atom is -0.394 e. The zero-order valence-corrected chi connectivity index (χ0v) is 50.4. The molecule has 0 aromatic rings. The van der Waals surface area contributed by atoms with Crippen molar-refractivity contribution in [1.82, 2.24) is 5.32 Å². The molecule has 0 aliphatic carbocycles. The molecule has 4 nitrogen and oxygen atoms in total. The molecule has 2 unspecified atom stereocenters. The standard InChI is InChI=1S/C73H123NO3/c1-3-5-7-9-11-13-15-17-19-21-23-25-27-29-31-33-35-36-37-38-39-41-43-45-47-49-51-53-55-57-59-61-63-65-67-69-73(77)74-71(70-75)72(76)68-66-64-62-60-58-56-54-52-50-48-46-44-42-40-34-32-30-28-26-24-22-20-18-16-14-12-10-8-6-4-2/h5,7,11,13,17,19,23,25,29,31,35-36,38-39,43,45,49,51,55,57-58,60,66,68,71-72,75-76H,3-4,6,8-10,12,14-16,18,20-22,24,26-28,30,32-34,37,40-42,44,46-48,50,52-54,56,59,61-65,67,69-70H2,1-2H3,(H,74,77)/b7-5-,13-11-,19-17-,25-23-,31-29-,36-35-,39-38-,45-43-,51-49-,57-55-,60-58+,68-66+. The highest BCUT2D eigenvalue weighted by Gasteiger charge is 2.18. The van der Waals surface area contributed by atoms with Gasteiger partial charge in [-0.25, -0.2) is 0 Å². The third-order valence-corrected chi connectivity index (χ3v) is 14.1. The Morgan fingerprint density at radius 2 is 0.584 bits per heavy atom. The van der Waals surface area contributed by atoms with Gasteiger partial charge in [-0.3, -0.25) is 4.79 Å². The van der Waals surface area contributed by atoms with Crippen molar-refractivity contribution in [3.05, 3.63) is 146 Å². The first kappa shape index (κ1) is 73.3. The van der Waals surface area contributed by atoms with Gasteiger partial charge in [0.1, 0.15) is 0 Å². The number of rotatable bonds is 58. The molecular formula is C73H123NO3. The van der Waals surface area contributed by atoms with Gasteiger partial charge in [0.05, 0.1) is 18.8 Å². The fourth-order valence-electron chi connectivity index (χ4n) is 9.17.